The Morgan fingerprint density at radius 2 is 1.95 bits per heavy atom. The molecule has 0 atom stereocenters. The summed E-state index contributed by atoms with van der Waals surface area (Å²) in [5.41, 5.74) is 2.06. The SMILES string of the molecule is Cc1cccc2c1N(CCCC(=O)N(C)C)C(=O)C2=O. The third kappa shape index (κ3) is 2.43. The molecule has 1 aromatic rings. The summed E-state index contributed by atoms with van der Waals surface area (Å²) < 4.78 is 0. The monoisotopic (exact) mass is 274 g/mol. The predicted octanol–water partition coefficient (Wildman–Crippen LogP) is 1.39. The minimum Gasteiger partial charge on any atom is -0.349 e. The van der Waals surface area contributed by atoms with Crippen molar-refractivity contribution < 1.29 is 14.4 Å². The van der Waals surface area contributed by atoms with Gasteiger partial charge in [0.05, 0.1) is 11.3 Å². The van der Waals surface area contributed by atoms with E-state index in [2.05, 4.69) is 0 Å². The normalized spacial score (nSPS) is 13.7. The zero-order valence-electron chi connectivity index (χ0n) is 12.0. The van der Waals surface area contributed by atoms with Crippen LogP contribution in [-0.2, 0) is 9.59 Å². The molecule has 0 bridgehead atoms. The Hall–Kier alpha value is -2.17. The Kier molecular flexibility index (Phi) is 3.88. The summed E-state index contributed by atoms with van der Waals surface area (Å²) in [6, 6.07) is 5.33. The summed E-state index contributed by atoms with van der Waals surface area (Å²) in [6.45, 7) is 2.27. The number of benzene rings is 1. The second-order valence-corrected chi connectivity index (χ2v) is 5.15. The van der Waals surface area contributed by atoms with Gasteiger partial charge in [0.2, 0.25) is 5.91 Å². The molecule has 20 heavy (non-hydrogen) atoms. The number of hydrogen-bond donors (Lipinski definition) is 0. The summed E-state index contributed by atoms with van der Waals surface area (Å²) in [4.78, 5) is 38.5. The third-order valence-corrected chi connectivity index (χ3v) is 3.46. The van der Waals surface area contributed by atoms with Crippen molar-refractivity contribution in [3.63, 3.8) is 0 Å². The highest BCUT2D eigenvalue weighted by molar-refractivity contribution is 6.52. The molecule has 106 valence electrons. The van der Waals surface area contributed by atoms with Gasteiger partial charge in [0.1, 0.15) is 0 Å². The van der Waals surface area contributed by atoms with Crippen LogP contribution in [0.25, 0.3) is 0 Å². The van der Waals surface area contributed by atoms with Gasteiger partial charge >= 0.3 is 0 Å². The molecule has 1 aliphatic rings. The molecule has 0 saturated heterocycles. The Morgan fingerprint density at radius 1 is 1.25 bits per heavy atom. The van der Waals surface area contributed by atoms with Crippen LogP contribution in [0.1, 0.15) is 28.8 Å². The Morgan fingerprint density at radius 3 is 2.60 bits per heavy atom. The van der Waals surface area contributed by atoms with Crippen molar-refractivity contribution in [2.24, 2.45) is 0 Å². The largest absolute Gasteiger partial charge is 0.349 e. The number of para-hydroxylation sites is 1. The van der Waals surface area contributed by atoms with Crippen LogP contribution >= 0.6 is 0 Å². The Bertz CT molecular complexity index is 578. The molecule has 1 heterocycles. The van der Waals surface area contributed by atoms with E-state index in [1.54, 1.807) is 26.2 Å². The van der Waals surface area contributed by atoms with Crippen molar-refractivity contribution >= 4 is 23.3 Å². The average molecular weight is 274 g/mol. The first kappa shape index (κ1) is 14.2. The van der Waals surface area contributed by atoms with Gasteiger partial charge in [-0.05, 0) is 25.0 Å². The average Bonchev–Trinajstić information content (AvgIpc) is 2.65. The van der Waals surface area contributed by atoms with Crippen LogP contribution < -0.4 is 4.90 Å². The second-order valence-electron chi connectivity index (χ2n) is 5.15. The molecular formula is C15H18N2O3. The highest BCUT2D eigenvalue weighted by atomic mass is 16.2. The molecule has 5 heteroatoms. The van der Waals surface area contributed by atoms with Crippen LogP contribution in [0.2, 0.25) is 0 Å². The van der Waals surface area contributed by atoms with E-state index in [1.807, 2.05) is 13.0 Å². The summed E-state index contributed by atoms with van der Waals surface area (Å²) in [5, 5.41) is 0. The molecule has 1 aromatic carbocycles. The van der Waals surface area contributed by atoms with E-state index in [1.165, 1.54) is 9.80 Å². The fourth-order valence-electron chi connectivity index (χ4n) is 2.37. The molecule has 1 aliphatic heterocycles. The number of amides is 2. The molecule has 5 nitrogen and oxygen atoms in total. The number of nitrogens with zero attached hydrogens (tertiary/aromatic N) is 2. The van der Waals surface area contributed by atoms with Crippen molar-refractivity contribution in [1.29, 1.82) is 0 Å². The van der Waals surface area contributed by atoms with Gasteiger partial charge in [0.25, 0.3) is 11.7 Å². The summed E-state index contributed by atoms with van der Waals surface area (Å²) in [7, 11) is 3.40. The van der Waals surface area contributed by atoms with Crippen molar-refractivity contribution in [2.45, 2.75) is 19.8 Å². The van der Waals surface area contributed by atoms with Gasteiger partial charge in [0.15, 0.2) is 0 Å². The highest BCUT2D eigenvalue weighted by Gasteiger charge is 2.36. The first-order valence-electron chi connectivity index (χ1n) is 6.59. The third-order valence-electron chi connectivity index (χ3n) is 3.46. The molecule has 2 amide bonds. The minimum atomic E-state index is -0.494. The Labute approximate surface area is 118 Å². The molecule has 0 saturated carbocycles. The molecule has 0 radical (unpaired) electrons. The zero-order valence-corrected chi connectivity index (χ0v) is 12.0. The molecule has 2 rings (SSSR count). The smallest absolute Gasteiger partial charge is 0.299 e. The van der Waals surface area contributed by atoms with Crippen LogP contribution in [0, 0.1) is 6.92 Å². The number of hydrogen-bond acceptors (Lipinski definition) is 3. The van der Waals surface area contributed by atoms with Crippen LogP contribution in [0.3, 0.4) is 0 Å². The maximum atomic E-state index is 12.0. The maximum Gasteiger partial charge on any atom is 0.299 e. The molecule has 0 spiro atoms. The second kappa shape index (κ2) is 5.45. The van der Waals surface area contributed by atoms with E-state index in [-0.39, 0.29) is 5.91 Å². The standard InChI is InChI=1S/C15H18N2O3/c1-10-6-4-7-11-13(10)17(15(20)14(11)19)9-5-8-12(18)16(2)3/h4,6-7H,5,8-9H2,1-3H3. The zero-order chi connectivity index (χ0) is 14.9. The first-order valence-corrected chi connectivity index (χ1v) is 6.59. The molecule has 0 N–H and O–H groups in total. The molecule has 0 unspecified atom stereocenters. The Balaban J connectivity index is 2.12. The lowest BCUT2D eigenvalue weighted by Gasteiger charge is -2.18. The molecule has 0 aliphatic carbocycles. The van der Waals surface area contributed by atoms with Crippen molar-refractivity contribution in [2.75, 3.05) is 25.5 Å². The van der Waals surface area contributed by atoms with Gasteiger partial charge in [-0.15, -0.1) is 0 Å². The van der Waals surface area contributed by atoms with E-state index < -0.39 is 11.7 Å². The van der Waals surface area contributed by atoms with Crippen LogP contribution in [-0.4, -0.2) is 43.1 Å². The van der Waals surface area contributed by atoms with E-state index in [0.29, 0.717) is 30.6 Å². The van der Waals surface area contributed by atoms with Gasteiger partial charge < -0.3 is 9.80 Å². The van der Waals surface area contributed by atoms with Crippen molar-refractivity contribution in [3.05, 3.63) is 29.3 Å². The number of carbonyl (C=O) groups is 3. The fourth-order valence-corrected chi connectivity index (χ4v) is 2.37. The van der Waals surface area contributed by atoms with Gasteiger partial charge in [-0.3, -0.25) is 14.4 Å². The topological polar surface area (TPSA) is 57.7 Å². The predicted molar refractivity (Wildman–Crippen MR) is 75.8 cm³/mol. The first-order chi connectivity index (χ1) is 9.43. The summed E-state index contributed by atoms with van der Waals surface area (Å²) >= 11 is 0. The number of anilines is 1. The number of ketones is 1. The van der Waals surface area contributed by atoms with Gasteiger partial charge in [-0.1, -0.05) is 12.1 Å². The number of aryl methyl sites for hydroxylation is 1. The maximum absolute atomic E-state index is 12.0. The van der Waals surface area contributed by atoms with Crippen LogP contribution in [0.15, 0.2) is 18.2 Å². The van der Waals surface area contributed by atoms with E-state index in [0.717, 1.165) is 5.56 Å². The summed E-state index contributed by atoms with van der Waals surface area (Å²) in [5.74, 6) is -0.929. The van der Waals surface area contributed by atoms with Gasteiger partial charge in [0, 0.05) is 27.1 Å². The number of carbonyl (C=O) groups excluding carboxylic acids is 3. The van der Waals surface area contributed by atoms with E-state index in [9.17, 15) is 14.4 Å². The van der Waals surface area contributed by atoms with Crippen molar-refractivity contribution in [3.8, 4) is 0 Å². The molecule has 0 aromatic heterocycles. The van der Waals surface area contributed by atoms with E-state index >= 15 is 0 Å². The highest BCUT2D eigenvalue weighted by Crippen LogP contribution is 2.32. The fraction of sp³-hybridized carbons (Fsp3) is 0.400. The lowest BCUT2D eigenvalue weighted by Crippen LogP contribution is -2.32. The minimum absolute atomic E-state index is 0.0213. The molecular weight excluding hydrogens is 256 g/mol. The number of rotatable bonds is 4. The number of Topliss-reactive ketones (excluding diaryl/α,β-unsaturated/α-hetero) is 1. The van der Waals surface area contributed by atoms with Gasteiger partial charge in [-0.25, -0.2) is 0 Å². The quantitative estimate of drug-likeness (QED) is 0.780. The lowest BCUT2D eigenvalue weighted by molar-refractivity contribution is -0.128. The van der Waals surface area contributed by atoms with E-state index in [4.69, 9.17) is 0 Å². The summed E-state index contributed by atoms with van der Waals surface area (Å²) in [6.07, 6.45) is 0.913. The number of fused-ring (bicyclic) bond motifs is 1. The van der Waals surface area contributed by atoms with Gasteiger partial charge in [-0.2, -0.15) is 0 Å². The van der Waals surface area contributed by atoms with Crippen LogP contribution in [0.5, 0.6) is 0 Å². The van der Waals surface area contributed by atoms with Crippen LogP contribution in [0.4, 0.5) is 5.69 Å². The lowest BCUT2D eigenvalue weighted by atomic mass is 10.1. The van der Waals surface area contributed by atoms with Crippen molar-refractivity contribution in [1.82, 2.24) is 4.90 Å². The molecule has 0 fully saturated rings.